The number of rotatable bonds is 7. The molecule has 1 aromatic heterocycles. The molecule has 0 aliphatic carbocycles. The molecule has 118 valence electrons. The van der Waals surface area contributed by atoms with Gasteiger partial charge in [-0.15, -0.1) is 0 Å². The highest BCUT2D eigenvalue weighted by molar-refractivity contribution is 5.75. The van der Waals surface area contributed by atoms with Gasteiger partial charge in [-0.3, -0.25) is 0 Å². The second kappa shape index (κ2) is 7.44. The highest BCUT2D eigenvalue weighted by Gasteiger charge is 2.20. The van der Waals surface area contributed by atoms with Crippen LogP contribution in [0.2, 0.25) is 0 Å². The maximum absolute atomic E-state index is 11.3. The van der Waals surface area contributed by atoms with Crippen LogP contribution < -0.4 is 0 Å². The number of carbonyl (C=O) groups is 1. The first-order valence-electron chi connectivity index (χ1n) is 8.11. The summed E-state index contributed by atoms with van der Waals surface area (Å²) in [5.41, 5.74) is 3.82. The molecule has 0 aliphatic heterocycles. The Kier molecular flexibility index (Phi) is 5.59. The Morgan fingerprint density at radius 3 is 2.45 bits per heavy atom. The van der Waals surface area contributed by atoms with Gasteiger partial charge in [-0.1, -0.05) is 37.3 Å². The lowest BCUT2D eigenvalue weighted by Gasteiger charge is -2.12. The molecule has 2 rings (SSSR count). The van der Waals surface area contributed by atoms with E-state index in [1.165, 1.54) is 16.7 Å². The lowest BCUT2D eigenvalue weighted by atomic mass is 9.93. The van der Waals surface area contributed by atoms with Gasteiger partial charge in [0.15, 0.2) is 0 Å². The molecule has 1 aromatic carbocycles. The van der Waals surface area contributed by atoms with Crippen LogP contribution in [-0.2, 0) is 17.6 Å². The molecule has 2 nitrogen and oxygen atoms in total. The smallest absolute Gasteiger partial charge is 0.130 e. The number of benzene rings is 1. The molecule has 2 aromatic rings. The van der Waals surface area contributed by atoms with Crippen molar-refractivity contribution in [3.8, 4) is 0 Å². The van der Waals surface area contributed by atoms with Gasteiger partial charge in [-0.25, -0.2) is 0 Å². The quantitative estimate of drug-likeness (QED) is 0.707. The van der Waals surface area contributed by atoms with E-state index in [9.17, 15) is 4.79 Å². The van der Waals surface area contributed by atoms with Crippen molar-refractivity contribution < 1.29 is 9.21 Å². The molecule has 0 amide bonds. The molecule has 0 bridgehead atoms. The first-order chi connectivity index (χ1) is 10.5. The number of carbonyl (C=O) groups excluding carboxylic acids is 1. The van der Waals surface area contributed by atoms with E-state index >= 15 is 0 Å². The minimum atomic E-state index is 0.237. The van der Waals surface area contributed by atoms with E-state index in [4.69, 9.17) is 4.42 Å². The van der Waals surface area contributed by atoms with E-state index in [1.807, 2.05) is 13.0 Å². The zero-order chi connectivity index (χ0) is 16.1. The molecule has 22 heavy (non-hydrogen) atoms. The average molecular weight is 298 g/mol. The Balaban J connectivity index is 2.09. The summed E-state index contributed by atoms with van der Waals surface area (Å²) in [4.78, 5) is 11.3. The maximum atomic E-state index is 11.3. The van der Waals surface area contributed by atoms with Crippen molar-refractivity contribution in [2.24, 2.45) is 0 Å². The van der Waals surface area contributed by atoms with Gasteiger partial charge in [0, 0.05) is 12.3 Å². The summed E-state index contributed by atoms with van der Waals surface area (Å²) < 4.78 is 6.02. The summed E-state index contributed by atoms with van der Waals surface area (Å²) in [5, 5.41) is 0. The molecule has 0 saturated carbocycles. The first-order valence-corrected chi connectivity index (χ1v) is 8.11. The fraction of sp³-hybridized carbons (Fsp3) is 0.450. The second-order valence-corrected chi connectivity index (χ2v) is 6.25. The van der Waals surface area contributed by atoms with Crippen LogP contribution in [0.3, 0.4) is 0 Å². The number of Topliss-reactive ketones (excluding diaryl/α,β-unsaturated/α-hetero) is 1. The van der Waals surface area contributed by atoms with Crippen LogP contribution in [0.15, 0.2) is 34.7 Å². The van der Waals surface area contributed by atoms with Gasteiger partial charge in [0.1, 0.15) is 17.3 Å². The third-order valence-corrected chi connectivity index (χ3v) is 4.42. The Hall–Kier alpha value is -1.83. The zero-order valence-electron chi connectivity index (χ0n) is 14.1. The third-order valence-electron chi connectivity index (χ3n) is 4.42. The van der Waals surface area contributed by atoms with Gasteiger partial charge < -0.3 is 9.21 Å². The van der Waals surface area contributed by atoms with Crippen molar-refractivity contribution in [1.29, 1.82) is 0 Å². The fourth-order valence-corrected chi connectivity index (χ4v) is 2.87. The molecule has 2 heteroatoms. The number of hydrogen-bond donors (Lipinski definition) is 0. The molecule has 1 heterocycles. The molecule has 1 unspecified atom stereocenters. The summed E-state index contributed by atoms with van der Waals surface area (Å²) >= 11 is 0. The van der Waals surface area contributed by atoms with E-state index in [0.717, 1.165) is 30.8 Å². The van der Waals surface area contributed by atoms with E-state index in [1.54, 1.807) is 6.92 Å². The monoisotopic (exact) mass is 298 g/mol. The van der Waals surface area contributed by atoms with E-state index in [2.05, 4.69) is 38.1 Å². The number of ketones is 1. The van der Waals surface area contributed by atoms with Crippen molar-refractivity contribution in [2.45, 2.75) is 59.3 Å². The third kappa shape index (κ3) is 4.09. The van der Waals surface area contributed by atoms with Crippen molar-refractivity contribution in [3.63, 3.8) is 0 Å². The van der Waals surface area contributed by atoms with Crippen molar-refractivity contribution in [3.05, 3.63) is 58.5 Å². The Labute approximate surface area is 133 Å². The standard InChI is InChI=1S/C20H26O2/c1-14(10-12-18-8-6-5-7-9-18)20-19(13-11-15(2)21)16(3)17(4)22-20/h5-9,14H,10-13H2,1-4H3. The van der Waals surface area contributed by atoms with Gasteiger partial charge in [0.25, 0.3) is 0 Å². The molecular formula is C20H26O2. The van der Waals surface area contributed by atoms with Crippen LogP contribution in [0, 0.1) is 13.8 Å². The summed E-state index contributed by atoms with van der Waals surface area (Å²) in [6, 6.07) is 10.6. The van der Waals surface area contributed by atoms with Crippen molar-refractivity contribution >= 4 is 5.78 Å². The second-order valence-electron chi connectivity index (χ2n) is 6.25. The first kappa shape index (κ1) is 16.5. The van der Waals surface area contributed by atoms with Crippen LogP contribution in [0.25, 0.3) is 0 Å². The molecule has 1 atom stereocenters. The van der Waals surface area contributed by atoms with Crippen molar-refractivity contribution in [1.82, 2.24) is 0 Å². The molecule has 0 saturated heterocycles. The molecule has 0 fully saturated rings. The predicted molar refractivity (Wildman–Crippen MR) is 90.4 cm³/mol. The SMILES string of the molecule is CC(=O)CCc1c(C(C)CCc2ccccc2)oc(C)c1C. The van der Waals surface area contributed by atoms with E-state index in [0.29, 0.717) is 12.3 Å². The highest BCUT2D eigenvalue weighted by atomic mass is 16.3. The molecule has 0 N–H and O–H groups in total. The molecule has 0 aliphatic rings. The summed E-state index contributed by atoms with van der Waals surface area (Å²) in [5.74, 6) is 2.67. The van der Waals surface area contributed by atoms with Crippen molar-refractivity contribution in [2.75, 3.05) is 0 Å². The summed E-state index contributed by atoms with van der Waals surface area (Å²) in [7, 11) is 0. The average Bonchev–Trinajstić information content (AvgIpc) is 2.79. The Morgan fingerprint density at radius 1 is 1.14 bits per heavy atom. The van der Waals surface area contributed by atoms with E-state index < -0.39 is 0 Å². The Morgan fingerprint density at radius 2 is 1.82 bits per heavy atom. The van der Waals surface area contributed by atoms with Gasteiger partial charge in [0.2, 0.25) is 0 Å². The normalized spacial score (nSPS) is 12.4. The molecular weight excluding hydrogens is 272 g/mol. The highest BCUT2D eigenvalue weighted by Crippen LogP contribution is 2.31. The minimum Gasteiger partial charge on any atom is -0.466 e. The van der Waals surface area contributed by atoms with Crippen LogP contribution in [0.4, 0.5) is 0 Å². The fourth-order valence-electron chi connectivity index (χ4n) is 2.87. The number of hydrogen-bond acceptors (Lipinski definition) is 2. The van der Waals surface area contributed by atoms with E-state index in [-0.39, 0.29) is 5.78 Å². The minimum absolute atomic E-state index is 0.237. The van der Waals surface area contributed by atoms with Crippen LogP contribution in [0.5, 0.6) is 0 Å². The van der Waals surface area contributed by atoms with Crippen LogP contribution in [0.1, 0.15) is 60.8 Å². The van der Waals surface area contributed by atoms with Gasteiger partial charge in [-0.2, -0.15) is 0 Å². The summed E-state index contributed by atoms with van der Waals surface area (Å²) in [6.07, 6.45) is 3.50. The largest absolute Gasteiger partial charge is 0.466 e. The van der Waals surface area contributed by atoms with Gasteiger partial charge in [0.05, 0.1) is 0 Å². The maximum Gasteiger partial charge on any atom is 0.130 e. The zero-order valence-corrected chi connectivity index (χ0v) is 14.1. The molecule has 0 radical (unpaired) electrons. The predicted octanol–water partition coefficient (Wildman–Crippen LogP) is 5.15. The Bertz CT molecular complexity index is 623. The van der Waals surface area contributed by atoms with Gasteiger partial charge in [-0.05, 0) is 56.7 Å². The number of furan rings is 1. The molecule has 0 spiro atoms. The topological polar surface area (TPSA) is 30.2 Å². The lowest BCUT2D eigenvalue weighted by Crippen LogP contribution is -2.02. The lowest BCUT2D eigenvalue weighted by molar-refractivity contribution is -0.116. The number of aryl methyl sites for hydroxylation is 2. The van der Waals surface area contributed by atoms with Crippen LogP contribution in [-0.4, -0.2) is 5.78 Å². The summed E-state index contributed by atoms with van der Waals surface area (Å²) in [6.45, 7) is 7.99. The van der Waals surface area contributed by atoms with Crippen LogP contribution >= 0.6 is 0 Å². The van der Waals surface area contributed by atoms with Gasteiger partial charge >= 0.3 is 0 Å².